The third-order valence-corrected chi connectivity index (χ3v) is 8.63. The van der Waals surface area contributed by atoms with E-state index in [1.165, 1.54) is 4.68 Å². The molecule has 4 atom stereocenters. The first-order valence-electron chi connectivity index (χ1n) is 14.4. The van der Waals surface area contributed by atoms with Gasteiger partial charge in [-0.15, -0.1) is 0 Å². The number of carbonyl (C=O) groups excluding carboxylic acids is 4. The molecule has 4 N–H and O–H groups in total. The summed E-state index contributed by atoms with van der Waals surface area (Å²) in [6.07, 6.45) is 9.66. The van der Waals surface area contributed by atoms with Gasteiger partial charge in [0.05, 0.1) is 11.9 Å². The molecule has 1 saturated heterocycles. The predicted molar refractivity (Wildman–Crippen MR) is 162 cm³/mol. The van der Waals surface area contributed by atoms with Crippen LogP contribution in [0, 0.1) is 11.8 Å². The maximum Gasteiger partial charge on any atom is 0.269 e. The zero-order valence-electron chi connectivity index (χ0n) is 23.6. The normalized spacial score (nSPS) is 22.5. The molecule has 12 heteroatoms. The summed E-state index contributed by atoms with van der Waals surface area (Å²) in [5, 5.41) is 10.7. The SMILES string of the molecule is CC1C=CC(CC(=O)Nc2ccc3c(c2)c(C(N)=O)nn3CC(=O)N2[C@@H]3CC[C@@H](C3)[C@H]2C(=O)Nc2cccc(Cl)n2)=CC1. The van der Waals surface area contributed by atoms with Crippen molar-refractivity contribution in [2.45, 2.75) is 57.7 Å². The largest absolute Gasteiger partial charge is 0.364 e. The number of aromatic nitrogens is 3. The maximum atomic E-state index is 13.7. The molecule has 3 aliphatic rings. The molecule has 2 aromatic heterocycles. The Morgan fingerprint density at radius 1 is 1.12 bits per heavy atom. The number of amides is 4. The van der Waals surface area contributed by atoms with Crippen LogP contribution in [0.4, 0.5) is 11.5 Å². The molecule has 6 rings (SSSR count). The number of primary amides is 1. The van der Waals surface area contributed by atoms with Crippen molar-refractivity contribution in [3.05, 3.63) is 71.0 Å². The highest BCUT2D eigenvalue weighted by Gasteiger charge is 2.51. The number of likely N-dealkylation sites (tertiary alicyclic amines) is 1. The number of nitrogens with zero attached hydrogens (tertiary/aromatic N) is 4. The van der Waals surface area contributed by atoms with E-state index in [9.17, 15) is 19.2 Å². The Bertz CT molecular complexity index is 1700. The number of pyridine rings is 1. The number of carbonyl (C=O) groups is 4. The first-order chi connectivity index (χ1) is 20.7. The minimum Gasteiger partial charge on any atom is -0.364 e. The van der Waals surface area contributed by atoms with Crippen molar-refractivity contribution >= 4 is 57.6 Å². The fraction of sp³-hybridized carbons (Fsp3) is 0.355. The number of hydrogen-bond donors (Lipinski definition) is 3. The highest BCUT2D eigenvalue weighted by Crippen LogP contribution is 2.43. The van der Waals surface area contributed by atoms with Crippen LogP contribution in [-0.4, -0.2) is 55.4 Å². The summed E-state index contributed by atoms with van der Waals surface area (Å²) in [5.74, 6) is -0.716. The summed E-state index contributed by atoms with van der Waals surface area (Å²) in [6, 6.07) is 9.28. The van der Waals surface area contributed by atoms with Gasteiger partial charge in [0, 0.05) is 17.1 Å². The minimum absolute atomic E-state index is 0.00456. The van der Waals surface area contributed by atoms with Gasteiger partial charge >= 0.3 is 0 Å². The molecule has 4 amide bonds. The van der Waals surface area contributed by atoms with Gasteiger partial charge in [0.1, 0.15) is 23.6 Å². The Hall–Kier alpha value is -4.51. The lowest BCUT2D eigenvalue weighted by Crippen LogP contribution is -2.52. The standard InChI is InChI=1S/C31H32ClN7O4/c1-17-5-7-18(8-6-17)13-26(40)34-20-10-12-23-22(15-20)28(30(33)42)37-38(23)16-27(41)39-21-11-9-19(14-21)29(39)31(43)36-25-4-2-3-24(32)35-25/h2-5,7-8,10,12,15,17,19,21,29H,6,9,11,13-14,16H2,1H3,(H2,33,42)(H,34,40)(H,35,36,43)/t17?,19-,21+,29-/m0/s1. The topological polar surface area (TPSA) is 152 Å². The van der Waals surface area contributed by atoms with Crippen molar-refractivity contribution < 1.29 is 19.2 Å². The number of benzene rings is 1. The van der Waals surface area contributed by atoms with Gasteiger partial charge in [-0.3, -0.25) is 23.9 Å². The van der Waals surface area contributed by atoms with Crippen LogP contribution in [0.15, 0.2) is 60.2 Å². The van der Waals surface area contributed by atoms with Crippen LogP contribution in [0.25, 0.3) is 10.9 Å². The van der Waals surface area contributed by atoms with Crippen LogP contribution in [0.3, 0.4) is 0 Å². The lowest BCUT2D eigenvalue weighted by molar-refractivity contribution is -0.141. The molecule has 2 fully saturated rings. The van der Waals surface area contributed by atoms with Gasteiger partial charge in [-0.05, 0) is 73.4 Å². The summed E-state index contributed by atoms with van der Waals surface area (Å²) < 4.78 is 1.43. The molecule has 2 bridgehead atoms. The van der Waals surface area contributed by atoms with Gasteiger partial charge in [0.15, 0.2) is 5.69 Å². The summed E-state index contributed by atoms with van der Waals surface area (Å²) in [4.78, 5) is 57.9. The first kappa shape index (κ1) is 28.6. The van der Waals surface area contributed by atoms with Crippen molar-refractivity contribution in [1.82, 2.24) is 19.7 Å². The van der Waals surface area contributed by atoms with Gasteiger partial charge < -0.3 is 21.3 Å². The van der Waals surface area contributed by atoms with Crippen molar-refractivity contribution in [3.8, 4) is 0 Å². The van der Waals surface area contributed by atoms with E-state index in [0.717, 1.165) is 31.3 Å². The average Bonchev–Trinajstić information content (AvgIpc) is 3.68. The van der Waals surface area contributed by atoms with Gasteiger partial charge in [-0.1, -0.05) is 42.8 Å². The fourth-order valence-corrected chi connectivity index (χ4v) is 6.59. The molecule has 2 aliphatic carbocycles. The van der Waals surface area contributed by atoms with Crippen LogP contribution in [-0.2, 0) is 20.9 Å². The molecular formula is C31H32ClN7O4. The molecule has 43 heavy (non-hydrogen) atoms. The molecule has 222 valence electrons. The number of nitrogens with two attached hydrogens (primary N) is 1. The maximum absolute atomic E-state index is 13.7. The smallest absolute Gasteiger partial charge is 0.269 e. The minimum atomic E-state index is -0.752. The van der Waals surface area contributed by atoms with E-state index in [1.54, 1.807) is 41.3 Å². The van der Waals surface area contributed by atoms with Crippen molar-refractivity contribution in [2.24, 2.45) is 17.6 Å². The second-order valence-corrected chi connectivity index (χ2v) is 11.9. The van der Waals surface area contributed by atoms with Crippen molar-refractivity contribution in [2.75, 3.05) is 10.6 Å². The molecule has 3 heterocycles. The number of rotatable bonds is 8. The average molecular weight is 602 g/mol. The monoisotopic (exact) mass is 601 g/mol. The number of hydrogen-bond acceptors (Lipinski definition) is 6. The summed E-state index contributed by atoms with van der Waals surface area (Å²) in [5.41, 5.74) is 7.60. The van der Waals surface area contributed by atoms with E-state index < -0.39 is 11.9 Å². The quantitative estimate of drug-likeness (QED) is 0.331. The van der Waals surface area contributed by atoms with E-state index in [2.05, 4.69) is 39.8 Å². The van der Waals surface area contributed by atoms with Gasteiger partial charge in [0.2, 0.25) is 17.7 Å². The molecular weight excluding hydrogens is 570 g/mol. The van der Waals surface area contributed by atoms with Crippen LogP contribution < -0.4 is 16.4 Å². The Balaban J connectivity index is 1.20. The zero-order valence-corrected chi connectivity index (χ0v) is 24.4. The fourth-order valence-electron chi connectivity index (χ4n) is 6.43. The zero-order chi connectivity index (χ0) is 30.2. The van der Waals surface area contributed by atoms with E-state index in [1.807, 2.05) is 6.08 Å². The van der Waals surface area contributed by atoms with Gasteiger partial charge in [0.25, 0.3) is 5.91 Å². The Labute approximate surface area is 253 Å². The van der Waals surface area contributed by atoms with E-state index in [0.29, 0.717) is 28.3 Å². The number of allylic oxidation sites excluding steroid dienone is 3. The summed E-state index contributed by atoms with van der Waals surface area (Å²) in [6.45, 7) is 1.94. The molecule has 1 unspecified atom stereocenters. The molecule has 0 radical (unpaired) electrons. The lowest BCUT2D eigenvalue weighted by Gasteiger charge is -2.34. The van der Waals surface area contributed by atoms with Crippen LogP contribution in [0.5, 0.6) is 0 Å². The molecule has 1 aliphatic heterocycles. The highest BCUT2D eigenvalue weighted by atomic mass is 35.5. The summed E-state index contributed by atoms with van der Waals surface area (Å²) in [7, 11) is 0. The lowest BCUT2D eigenvalue weighted by atomic mass is 9.97. The highest BCUT2D eigenvalue weighted by molar-refractivity contribution is 6.29. The summed E-state index contributed by atoms with van der Waals surface area (Å²) >= 11 is 5.98. The number of fused-ring (bicyclic) bond motifs is 3. The second-order valence-electron chi connectivity index (χ2n) is 11.5. The number of nitrogens with one attached hydrogen (secondary N) is 2. The Morgan fingerprint density at radius 2 is 1.95 bits per heavy atom. The molecule has 11 nitrogen and oxygen atoms in total. The third kappa shape index (κ3) is 5.90. The van der Waals surface area contributed by atoms with Crippen molar-refractivity contribution in [3.63, 3.8) is 0 Å². The van der Waals surface area contributed by atoms with Gasteiger partial charge in [-0.25, -0.2) is 4.98 Å². The predicted octanol–water partition coefficient (Wildman–Crippen LogP) is 4.05. The van der Waals surface area contributed by atoms with E-state index >= 15 is 0 Å². The van der Waals surface area contributed by atoms with Crippen LogP contribution in [0.2, 0.25) is 5.15 Å². The van der Waals surface area contributed by atoms with Crippen LogP contribution >= 0.6 is 11.6 Å². The first-order valence-corrected chi connectivity index (χ1v) is 14.8. The number of piperidine rings is 1. The molecule has 1 saturated carbocycles. The Morgan fingerprint density at radius 3 is 2.70 bits per heavy atom. The number of anilines is 2. The molecule has 1 aromatic carbocycles. The van der Waals surface area contributed by atoms with Gasteiger partial charge in [-0.2, -0.15) is 5.10 Å². The molecule has 0 spiro atoms. The van der Waals surface area contributed by atoms with Crippen molar-refractivity contribution in [1.29, 1.82) is 0 Å². The van der Waals surface area contributed by atoms with E-state index in [4.69, 9.17) is 17.3 Å². The van der Waals surface area contributed by atoms with E-state index in [-0.39, 0.29) is 53.5 Å². The second kappa shape index (κ2) is 11.6. The third-order valence-electron chi connectivity index (χ3n) is 8.42. The molecule has 3 aromatic rings. The van der Waals surface area contributed by atoms with Crippen LogP contribution in [0.1, 0.15) is 49.5 Å². The Kier molecular flexibility index (Phi) is 7.74. The number of halogens is 1.